The quantitative estimate of drug-likeness (QED) is 0.425. The second-order valence-electron chi connectivity index (χ2n) is 12.7. The average molecular weight is 584 g/mol. The van der Waals surface area contributed by atoms with Crippen molar-refractivity contribution in [1.29, 1.82) is 0 Å². The zero-order valence-electron chi connectivity index (χ0n) is 24.8. The summed E-state index contributed by atoms with van der Waals surface area (Å²) < 4.78 is 59.9. The Morgan fingerprint density at radius 3 is 2.41 bits per heavy atom. The number of hydrogen-bond acceptors (Lipinski definition) is 6. The summed E-state index contributed by atoms with van der Waals surface area (Å²) in [5.41, 5.74) is -3.68. The molecule has 2 saturated heterocycles. The Kier molecular flexibility index (Phi) is 8.30. The second kappa shape index (κ2) is 11.0. The molecule has 3 aliphatic heterocycles. The molecular weight excluding hydrogens is 543 g/mol. The Morgan fingerprint density at radius 2 is 1.85 bits per heavy atom. The van der Waals surface area contributed by atoms with Crippen LogP contribution in [-0.4, -0.2) is 83.3 Å². The number of anilines is 1. The van der Waals surface area contributed by atoms with E-state index < -0.39 is 58.5 Å². The third-order valence-corrected chi connectivity index (χ3v) is 7.36. The molecule has 9 nitrogen and oxygen atoms in total. The summed E-state index contributed by atoms with van der Waals surface area (Å²) in [7, 11) is 0. The lowest BCUT2D eigenvalue weighted by Gasteiger charge is -2.42. The summed E-state index contributed by atoms with van der Waals surface area (Å²) in [6.45, 7) is 13.1. The van der Waals surface area contributed by atoms with Crippen LogP contribution in [0.15, 0.2) is 12.1 Å². The monoisotopic (exact) mass is 583 g/mol. The molecule has 12 heteroatoms. The number of piperidine rings is 1. The number of halogens is 3. The summed E-state index contributed by atoms with van der Waals surface area (Å²) in [5.74, 6) is -1.35. The van der Waals surface area contributed by atoms with Crippen molar-refractivity contribution < 1.29 is 41.8 Å². The van der Waals surface area contributed by atoms with Crippen LogP contribution >= 0.6 is 0 Å². The van der Waals surface area contributed by atoms with Gasteiger partial charge in [0, 0.05) is 25.7 Å². The van der Waals surface area contributed by atoms with E-state index in [0.29, 0.717) is 32.4 Å². The highest BCUT2D eigenvalue weighted by Crippen LogP contribution is 2.45. The summed E-state index contributed by atoms with van der Waals surface area (Å²) in [6.07, 6.45) is -3.82. The molecule has 0 radical (unpaired) electrons. The maximum atomic E-state index is 14.4. The van der Waals surface area contributed by atoms with Gasteiger partial charge in [-0.1, -0.05) is 0 Å². The van der Waals surface area contributed by atoms with Gasteiger partial charge < -0.3 is 28.9 Å². The maximum Gasteiger partial charge on any atom is 0.417 e. The Hall–Kier alpha value is -3.02. The molecule has 0 aliphatic carbocycles. The Morgan fingerprint density at radius 1 is 1.20 bits per heavy atom. The first-order valence-electron chi connectivity index (χ1n) is 14.1. The van der Waals surface area contributed by atoms with Crippen LogP contribution in [0.25, 0.3) is 0 Å². The van der Waals surface area contributed by atoms with Gasteiger partial charge in [0.25, 0.3) is 11.8 Å². The van der Waals surface area contributed by atoms with Gasteiger partial charge in [0.05, 0.1) is 35.6 Å². The molecule has 0 N–H and O–H groups in total. The lowest BCUT2D eigenvalue weighted by molar-refractivity contribution is -0.138. The molecule has 3 amide bonds. The number of fused-ring (bicyclic) bond motifs is 1. The van der Waals surface area contributed by atoms with Crippen LogP contribution in [0.3, 0.4) is 0 Å². The fourth-order valence-corrected chi connectivity index (χ4v) is 5.39. The van der Waals surface area contributed by atoms with E-state index in [1.54, 1.807) is 34.6 Å². The van der Waals surface area contributed by atoms with Crippen LogP contribution in [0.1, 0.15) is 83.7 Å². The molecule has 41 heavy (non-hydrogen) atoms. The van der Waals surface area contributed by atoms with Crippen LogP contribution in [-0.2, 0) is 20.4 Å². The molecule has 1 unspecified atom stereocenters. The highest BCUT2D eigenvalue weighted by molar-refractivity contribution is 6.05. The molecule has 0 aromatic heterocycles. The fourth-order valence-electron chi connectivity index (χ4n) is 5.39. The molecule has 1 aromatic carbocycles. The molecule has 228 valence electrons. The van der Waals surface area contributed by atoms with E-state index in [1.165, 1.54) is 28.5 Å². The van der Waals surface area contributed by atoms with Gasteiger partial charge in [-0.15, -0.1) is 0 Å². The van der Waals surface area contributed by atoms with Crippen molar-refractivity contribution in [3.8, 4) is 5.75 Å². The minimum atomic E-state index is -4.86. The summed E-state index contributed by atoms with van der Waals surface area (Å²) in [5, 5.41) is 0. The number of carbonyl (C=O) groups excluding carboxylic acids is 3. The standard InChI is InChI=1S/C29H40F3N3O6/c1-17(2)35(18-9-8-11-33(15-18)26(38)41-27(3,4)5)24(36)20-13-22-23(14-21(20)29(30,31)32)40-28(6,7)25(37)34(22)12-10-19-16-39-19/h13-14,17-19H,8-12,15-16H2,1-7H3/t18-,19?/m1/s1. The van der Waals surface area contributed by atoms with Gasteiger partial charge in [0.15, 0.2) is 5.60 Å². The van der Waals surface area contributed by atoms with Gasteiger partial charge in [-0.2, -0.15) is 13.2 Å². The first-order chi connectivity index (χ1) is 18.9. The lowest BCUT2D eigenvalue weighted by atomic mass is 9.96. The number of hydrogen-bond donors (Lipinski definition) is 0. The number of likely N-dealkylation sites (tertiary alicyclic amines) is 1. The third kappa shape index (κ3) is 6.90. The fraction of sp³-hybridized carbons (Fsp3) is 0.690. The van der Waals surface area contributed by atoms with Gasteiger partial charge in [-0.25, -0.2) is 4.79 Å². The highest BCUT2D eigenvalue weighted by Gasteiger charge is 2.46. The van der Waals surface area contributed by atoms with E-state index in [0.717, 1.165) is 12.1 Å². The molecule has 0 saturated carbocycles. The lowest BCUT2D eigenvalue weighted by Crippen LogP contribution is -2.55. The topological polar surface area (TPSA) is 91.9 Å². The van der Waals surface area contributed by atoms with Gasteiger partial charge >= 0.3 is 12.3 Å². The highest BCUT2D eigenvalue weighted by atomic mass is 19.4. The number of ether oxygens (including phenoxy) is 3. The molecule has 2 fully saturated rings. The zero-order chi connectivity index (χ0) is 30.5. The van der Waals surface area contributed by atoms with Crippen LogP contribution in [0, 0.1) is 0 Å². The Balaban J connectivity index is 1.72. The van der Waals surface area contributed by atoms with Crippen molar-refractivity contribution in [2.45, 2.75) is 103 Å². The van der Waals surface area contributed by atoms with Crippen molar-refractivity contribution in [3.05, 3.63) is 23.3 Å². The molecule has 0 spiro atoms. The predicted molar refractivity (Wildman–Crippen MR) is 145 cm³/mol. The largest absolute Gasteiger partial charge is 0.476 e. The first-order valence-corrected chi connectivity index (χ1v) is 14.1. The normalized spacial score (nSPS) is 22.3. The van der Waals surface area contributed by atoms with E-state index >= 15 is 0 Å². The van der Waals surface area contributed by atoms with Crippen LogP contribution in [0.5, 0.6) is 5.75 Å². The smallest absolute Gasteiger partial charge is 0.417 e. The summed E-state index contributed by atoms with van der Waals surface area (Å²) in [6, 6.07) is 0.957. The van der Waals surface area contributed by atoms with Crippen LogP contribution in [0.4, 0.5) is 23.7 Å². The van der Waals surface area contributed by atoms with E-state index in [4.69, 9.17) is 14.2 Å². The molecule has 3 heterocycles. The molecule has 2 atom stereocenters. The first kappa shape index (κ1) is 30.9. The average Bonchev–Trinajstić information content (AvgIpc) is 3.66. The maximum absolute atomic E-state index is 14.4. The number of alkyl halides is 3. The molecule has 1 aromatic rings. The van der Waals surface area contributed by atoms with Crippen LogP contribution in [0.2, 0.25) is 0 Å². The van der Waals surface area contributed by atoms with E-state index in [1.807, 2.05) is 0 Å². The molecule has 0 bridgehead atoms. The van der Waals surface area contributed by atoms with E-state index in [9.17, 15) is 27.6 Å². The number of nitrogens with zero attached hydrogens (tertiary/aromatic N) is 3. The van der Waals surface area contributed by atoms with Gasteiger partial charge in [-0.05, 0) is 79.9 Å². The number of carbonyl (C=O) groups is 3. The number of benzene rings is 1. The SMILES string of the molecule is CC(C)N(C(=O)c1cc2c(cc1C(F)(F)F)OC(C)(C)C(=O)N2CCC1CO1)[C@@H]1CCCN(C(=O)OC(C)(C)C)C1. The van der Waals surface area contributed by atoms with Gasteiger partial charge in [-0.3, -0.25) is 9.59 Å². The minimum Gasteiger partial charge on any atom is -0.476 e. The minimum absolute atomic E-state index is 0.0107. The predicted octanol–water partition coefficient (Wildman–Crippen LogP) is 5.25. The van der Waals surface area contributed by atoms with Crippen molar-refractivity contribution in [3.63, 3.8) is 0 Å². The van der Waals surface area contributed by atoms with Crippen molar-refractivity contribution in [2.24, 2.45) is 0 Å². The molecule has 4 rings (SSSR count). The zero-order valence-corrected chi connectivity index (χ0v) is 24.8. The second-order valence-corrected chi connectivity index (χ2v) is 12.7. The number of rotatable bonds is 6. The van der Waals surface area contributed by atoms with Crippen molar-refractivity contribution in [1.82, 2.24) is 9.80 Å². The van der Waals surface area contributed by atoms with Crippen LogP contribution < -0.4 is 9.64 Å². The third-order valence-electron chi connectivity index (χ3n) is 7.36. The van der Waals surface area contributed by atoms with Crippen molar-refractivity contribution in [2.75, 3.05) is 31.1 Å². The Labute approximate surface area is 238 Å². The summed E-state index contributed by atoms with van der Waals surface area (Å²) in [4.78, 5) is 44.4. The molecular formula is C29H40F3N3O6. The van der Waals surface area contributed by atoms with E-state index in [-0.39, 0.29) is 30.6 Å². The number of amides is 3. The van der Waals surface area contributed by atoms with Crippen molar-refractivity contribution >= 4 is 23.6 Å². The summed E-state index contributed by atoms with van der Waals surface area (Å²) >= 11 is 0. The van der Waals surface area contributed by atoms with E-state index in [2.05, 4.69) is 0 Å². The van der Waals surface area contributed by atoms with Gasteiger partial charge in [0.2, 0.25) is 0 Å². The molecule has 3 aliphatic rings. The van der Waals surface area contributed by atoms with Gasteiger partial charge in [0.1, 0.15) is 11.4 Å². The Bertz CT molecular complexity index is 1190. The number of epoxide rings is 1.